The summed E-state index contributed by atoms with van der Waals surface area (Å²) < 4.78 is 27.6. The van der Waals surface area contributed by atoms with E-state index >= 15 is 0 Å². The van der Waals surface area contributed by atoms with Crippen LogP contribution in [0.1, 0.15) is 30.6 Å². The van der Waals surface area contributed by atoms with Gasteiger partial charge in [-0.2, -0.15) is 0 Å². The fourth-order valence-corrected chi connectivity index (χ4v) is 5.75. The molecular weight excluding hydrogens is 338 g/mol. The molecule has 0 bridgehead atoms. The van der Waals surface area contributed by atoms with E-state index in [4.69, 9.17) is 0 Å². The summed E-state index contributed by atoms with van der Waals surface area (Å²) in [5.41, 5.74) is -0.867. The van der Waals surface area contributed by atoms with Gasteiger partial charge >= 0.3 is 0 Å². The fraction of sp³-hybridized carbons (Fsp3) is 0.636. The van der Waals surface area contributed by atoms with Crippen LogP contribution in [0.2, 0.25) is 0 Å². The Hall–Kier alpha value is 0.0500. The van der Waals surface area contributed by atoms with Gasteiger partial charge in [0.1, 0.15) is 0 Å². The topological polar surface area (TPSA) is 66.4 Å². The summed E-state index contributed by atoms with van der Waals surface area (Å²) in [7, 11) is -3.53. The second-order valence-corrected chi connectivity index (χ2v) is 9.10. The molecule has 1 aliphatic rings. The molecule has 0 amide bonds. The Morgan fingerprint density at radius 1 is 1.50 bits per heavy atom. The number of sulfonamides is 1. The molecule has 0 aliphatic heterocycles. The summed E-state index contributed by atoms with van der Waals surface area (Å²) in [4.78, 5) is 1.04. The van der Waals surface area contributed by atoms with E-state index in [1.807, 2.05) is 0 Å². The van der Waals surface area contributed by atoms with Crippen molar-refractivity contribution in [2.75, 3.05) is 6.54 Å². The van der Waals surface area contributed by atoms with Gasteiger partial charge in [-0.05, 0) is 41.8 Å². The van der Waals surface area contributed by atoms with Crippen LogP contribution in [-0.4, -0.2) is 25.7 Å². The lowest BCUT2D eigenvalue weighted by Crippen LogP contribution is -2.40. The number of aryl methyl sites for hydroxylation is 1. The van der Waals surface area contributed by atoms with E-state index in [1.165, 1.54) is 11.3 Å². The molecule has 1 aliphatic carbocycles. The van der Waals surface area contributed by atoms with Gasteiger partial charge in [0.25, 0.3) is 0 Å². The Labute approximate surface area is 120 Å². The molecule has 2 rings (SSSR count). The number of halogens is 1. The van der Waals surface area contributed by atoms with Gasteiger partial charge in [-0.25, -0.2) is 13.1 Å². The molecule has 0 aromatic carbocycles. The van der Waals surface area contributed by atoms with Gasteiger partial charge in [-0.3, -0.25) is 0 Å². The fourth-order valence-electron chi connectivity index (χ4n) is 2.21. The number of hydrogen-bond donors (Lipinski definition) is 2. The molecule has 1 aromatic rings. The Kier molecular flexibility index (Phi) is 4.18. The molecule has 0 saturated heterocycles. The van der Waals surface area contributed by atoms with Crippen molar-refractivity contribution in [3.63, 3.8) is 0 Å². The molecule has 1 fully saturated rings. The first-order valence-corrected chi connectivity index (χ1v) is 8.90. The lowest BCUT2D eigenvalue weighted by Gasteiger charge is -2.22. The molecule has 2 N–H and O–H groups in total. The summed E-state index contributed by atoms with van der Waals surface area (Å²) in [6.07, 6.45) is 3.26. The van der Waals surface area contributed by atoms with E-state index in [0.29, 0.717) is 17.7 Å². The predicted molar refractivity (Wildman–Crippen MR) is 75.4 cm³/mol. The Morgan fingerprint density at radius 3 is 2.61 bits per heavy atom. The maximum absolute atomic E-state index is 12.1. The molecule has 4 nitrogen and oxygen atoms in total. The van der Waals surface area contributed by atoms with Gasteiger partial charge in [0.15, 0.2) is 0 Å². The first kappa shape index (κ1) is 14.5. The SMILES string of the molecule is Cc1sc(Br)cc1S(=O)(=O)NCC1(O)CCCC1. The predicted octanol–water partition coefficient (Wildman–Crippen LogP) is 2.40. The van der Waals surface area contributed by atoms with Crippen molar-refractivity contribution in [2.24, 2.45) is 0 Å². The second kappa shape index (κ2) is 5.20. The third-order valence-electron chi connectivity index (χ3n) is 3.26. The zero-order valence-corrected chi connectivity index (χ0v) is 13.3. The summed E-state index contributed by atoms with van der Waals surface area (Å²) in [5.74, 6) is 0. The Morgan fingerprint density at radius 2 is 2.11 bits per heavy atom. The van der Waals surface area contributed by atoms with E-state index in [-0.39, 0.29) is 6.54 Å². The highest BCUT2D eigenvalue weighted by Crippen LogP contribution is 2.31. The number of rotatable bonds is 4. The molecule has 0 atom stereocenters. The molecule has 1 saturated carbocycles. The zero-order valence-electron chi connectivity index (χ0n) is 10.1. The van der Waals surface area contributed by atoms with Gasteiger partial charge in [-0.15, -0.1) is 11.3 Å². The van der Waals surface area contributed by atoms with Crippen LogP contribution in [0, 0.1) is 6.92 Å². The second-order valence-electron chi connectivity index (χ2n) is 4.73. The van der Waals surface area contributed by atoms with Crippen molar-refractivity contribution in [3.8, 4) is 0 Å². The van der Waals surface area contributed by atoms with Gasteiger partial charge in [0.2, 0.25) is 10.0 Å². The molecule has 0 spiro atoms. The van der Waals surface area contributed by atoms with Crippen LogP contribution in [0.15, 0.2) is 14.7 Å². The molecule has 7 heteroatoms. The van der Waals surface area contributed by atoms with Crippen LogP contribution in [0.25, 0.3) is 0 Å². The van der Waals surface area contributed by atoms with Gasteiger partial charge in [-0.1, -0.05) is 12.8 Å². The van der Waals surface area contributed by atoms with Crippen LogP contribution in [0.3, 0.4) is 0 Å². The van der Waals surface area contributed by atoms with Crippen molar-refractivity contribution < 1.29 is 13.5 Å². The standard InChI is InChI=1S/C11H16BrNO3S2/c1-8-9(6-10(12)17-8)18(15,16)13-7-11(14)4-2-3-5-11/h6,13-14H,2-5,7H2,1H3. The quantitative estimate of drug-likeness (QED) is 0.873. The Bertz CT molecular complexity index is 532. The monoisotopic (exact) mass is 353 g/mol. The third-order valence-corrected chi connectivity index (χ3v) is 6.47. The first-order valence-electron chi connectivity index (χ1n) is 5.80. The van der Waals surface area contributed by atoms with Crippen molar-refractivity contribution in [2.45, 2.75) is 43.1 Å². The average Bonchev–Trinajstić information content (AvgIpc) is 2.84. The molecule has 1 heterocycles. The normalized spacial score (nSPS) is 19.3. The highest BCUT2D eigenvalue weighted by molar-refractivity contribution is 9.11. The number of hydrogen-bond acceptors (Lipinski definition) is 4. The maximum atomic E-state index is 12.1. The smallest absolute Gasteiger partial charge is 0.241 e. The maximum Gasteiger partial charge on any atom is 0.241 e. The minimum absolute atomic E-state index is 0.0994. The Balaban J connectivity index is 2.10. The molecular formula is C11H16BrNO3S2. The van der Waals surface area contributed by atoms with Gasteiger partial charge < -0.3 is 5.11 Å². The molecule has 102 valence electrons. The van der Waals surface area contributed by atoms with Crippen LogP contribution < -0.4 is 4.72 Å². The van der Waals surface area contributed by atoms with Crippen LogP contribution >= 0.6 is 27.3 Å². The van der Waals surface area contributed by atoms with Crippen LogP contribution in [-0.2, 0) is 10.0 Å². The van der Waals surface area contributed by atoms with Gasteiger partial charge in [0.05, 0.1) is 14.3 Å². The number of nitrogens with one attached hydrogen (secondary N) is 1. The number of thiophene rings is 1. The van der Waals surface area contributed by atoms with E-state index in [1.54, 1.807) is 13.0 Å². The molecule has 0 radical (unpaired) electrons. The summed E-state index contributed by atoms with van der Waals surface area (Å²) in [6, 6.07) is 1.60. The minimum atomic E-state index is -3.53. The van der Waals surface area contributed by atoms with E-state index < -0.39 is 15.6 Å². The number of aliphatic hydroxyl groups is 1. The summed E-state index contributed by atoms with van der Waals surface area (Å²) >= 11 is 4.67. The molecule has 0 unspecified atom stereocenters. The largest absolute Gasteiger partial charge is 0.389 e. The van der Waals surface area contributed by atoms with Crippen LogP contribution in [0.5, 0.6) is 0 Å². The summed E-state index contributed by atoms with van der Waals surface area (Å²) in [5, 5.41) is 10.1. The highest BCUT2D eigenvalue weighted by atomic mass is 79.9. The van der Waals surface area contributed by atoms with E-state index in [2.05, 4.69) is 20.7 Å². The lowest BCUT2D eigenvalue weighted by atomic mass is 10.0. The van der Waals surface area contributed by atoms with Crippen molar-refractivity contribution >= 4 is 37.3 Å². The van der Waals surface area contributed by atoms with Crippen molar-refractivity contribution in [1.29, 1.82) is 0 Å². The zero-order chi connectivity index (χ0) is 13.4. The third kappa shape index (κ3) is 3.14. The van der Waals surface area contributed by atoms with E-state index in [0.717, 1.165) is 21.5 Å². The van der Waals surface area contributed by atoms with Crippen molar-refractivity contribution in [3.05, 3.63) is 14.7 Å². The first-order chi connectivity index (χ1) is 8.32. The van der Waals surface area contributed by atoms with Gasteiger partial charge in [0, 0.05) is 11.4 Å². The average molecular weight is 354 g/mol. The minimum Gasteiger partial charge on any atom is -0.389 e. The van der Waals surface area contributed by atoms with Crippen molar-refractivity contribution in [1.82, 2.24) is 4.72 Å². The van der Waals surface area contributed by atoms with Crippen LogP contribution in [0.4, 0.5) is 0 Å². The van der Waals surface area contributed by atoms with E-state index in [9.17, 15) is 13.5 Å². The highest BCUT2D eigenvalue weighted by Gasteiger charge is 2.33. The molecule has 1 aromatic heterocycles. The molecule has 18 heavy (non-hydrogen) atoms. The lowest BCUT2D eigenvalue weighted by molar-refractivity contribution is 0.0532. The summed E-state index contributed by atoms with van der Waals surface area (Å²) in [6.45, 7) is 1.87.